The molecule has 3 aliphatic heterocycles. The van der Waals surface area contributed by atoms with E-state index < -0.39 is 0 Å². The van der Waals surface area contributed by atoms with Gasteiger partial charge in [-0.3, -0.25) is 4.90 Å². The van der Waals surface area contributed by atoms with Crippen molar-refractivity contribution in [3.63, 3.8) is 0 Å². The molecule has 4 rings (SSSR count). The van der Waals surface area contributed by atoms with Crippen LogP contribution in [0.1, 0.15) is 43.6 Å². The van der Waals surface area contributed by atoms with Crippen molar-refractivity contribution in [2.45, 2.75) is 63.8 Å². The highest BCUT2D eigenvalue weighted by Gasteiger charge is 2.40. The Balaban J connectivity index is 1.20. The van der Waals surface area contributed by atoms with Crippen LogP contribution in [0.15, 0.2) is 16.5 Å². The van der Waals surface area contributed by atoms with Crippen molar-refractivity contribution in [3.05, 3.63) is 23.7 Å². The summed E-state index contributed by atoms with van der Waals surface area (Å²) in [7, 11) is 0. The van der Waals surface area contributed by atoms with E-state index in [9.17, 15) is 0 Å². The van der Waals surface area contributed by atoms with Gasteiger partial charge in [0, 0.05) is 32.4 Å². The molecule has 5 nitrogen and oxygen atoms in total. The van der Waals surface area contributed by atoms with Crippen LogP contribution in [0.2, 0.25) is 0 Å². The van der Waals surface area contributed by atoms with Crippen LogP contribution in [-0.2, 0) is 20.8 Å². The smallest absolute Gasteiger partial charge is 0.118 e. The summed E-state index contributed by atoms with van der Waals surface area (Å²) in [6, 6.07) is 4.68. The zero-order valence-electron chi connectivity index (χ0n) is 15.3. The topological polar surface area (TPSA) is 44.1 Å². The Morgan fingerprint density at radius 3 is 2.76 bits per heavy atom. The fourth-order valence-corrected chi connectivity index (χ4v) is 4.45. The van der Waals surface area contributed by atoms with Crippen LogP contribution in [0.4, 0.5) is 0 Å². The number of fused-ring (bicyclic) bond motifs is 1. The summed E-state index contributed by atoms with van der Waals surface area (Å²) in [6.07, 6.45) is 6.34. The Hall–Kier alpha value is -0.880. The first kappa shape index (κ1) is 17.5. The molecule has 3 fully saturated rings. The van der Waals surface area contributed by atoms with Crippen LogP contribution < -0.4 is 0 Å². The highest BCUT2D eigenvalue weighted by atomic mass is 16.5. The average Bonchev–Trinajstić information content (AvgIpc) is 3.22. The van der Waals surface area contributed by atoms with E-state index >= 15 is 0 Å². The molecule has 3 saturated heterocycles. The first-order valence-corrected chi connectivity index (χ1v) is 9.88. The second kappa shape index (κ2) is 8.21. The lowest BCUT2D eigenvalue weighted by Gasteiger charge is -2.36. The summed E-state index contributed by atoms with van der Waals surface area (Å²) in [5, 5.41) is 0. The van der Waals surface area contributed by atoms with Gasteiger partial charge in [0.2, 0.25) is 0 Å². The standard InChI is InChI=1S/C20H31NO4/c1-15-2-3-17(24-15)12-21-9-6-20-19(21)5-4-18(25-20)14-23-13-16-7-10-22-11-8-16/h2-3,16,18-20H,4-14H2,1H3/t18-,19+,20+/m1/s1. The number of hydrogen-bond acceptors (Lipinski definition) is 5. The monoisotopic (exact) mass is 349 g/mol. The summed E-state index contributed by atoms with van der Waals surface area (Å²) >= 11 is 0. The molecule has 1 aromatic rings. The minimum atomic E-state index is 0.270. The SMILES string of the molecule is Cc1ccc(CN2CC[C@@H]3O[C@@H](COCC4CCOCC4)CC[C@@H]32)o1. The normalized spacial score (nSPS) is 31.3. The number of ether oxygens (including phenoxy) is 3. The van der Waals surface area contributed by atoms with Crippen molar-refractivity contribution in [2.24, 2.45) is 5.92 Å². The van der Waals surface area contributed by atoms with Gasteiger partial charge in [0.05, 0.1) is 25.4 Å². The molecular formula is C20H31NO4. The quantitative estimate of drug-likeness (QED) is 0.789. The van der Waals surface area contributed by atoms with Crippen molar-refractivity contribution < 1.29 is 18.6 Å². The summed E-state index contributed by atoms with van der Waals surface area (Å²) in [4.78, 5) is 2.53. The summed E-state index contributed by atoms with van der Waals surface area (Å²) in [5.74, 6) is 2.73. The Labute approximate surface area is 150 Å². The molecule has 1 aromatic heterocycles. The molecule has 4 heterocycles. The van der Waals surface area contributed by atoms with Gasteiger partial charge in [-0.25, -0.2) is 0 Å². The molecule has 140 valence electrons. The first-order chi connectivity index (χ1) is 12.3. The fourth-order valence-electron chi connectivity index (χ4n) is 4.45. The van der Waals surface area contributed by atoms with Crippen LogP contribution in [0.25, 0.3) is 0 Å². The number of furan rings is 1. The van der Waals surface area contributed by atoms with Crippen LogP contribution in [0.5, 0.6) is 0 Å². The van der Waals surface area contributed by atoms with Gasteiger partial charge in [0.1, 0.15) is 11.5 Å². The Morgan fingerprint density at radius 1 is 1.08 bits per heavy atom. The third kappa shape index (κ3) is 4.45. The van der Waals surface area contributed by atoms with Crippen LogP contribution in [-0.4, -0.2) is 56.1 Å². The highest BCUT2D eigenvalue weighted by molar-refractivity contribution is 5.06. The van der Waals surface area contributed by atoms with E-state index in [2.05, 4.69) is 11.0 Å². The molecule has 0 aliphatic carbocycles. The van der Waals surface area contributed by atoms with Gasteiger partial charge in [0.15, 0.2) is 0 Å². The van der Waals surface area contributed by atoms with Gasteiger partial charge < -0.3 is 18.6 Å². The molecule has 5 heteroatoms. The summed E-state index contributed by atoms with van der Waals surface area (Å²) in [5.41, 5.74) is 0. The van der Waals surface area contributed by atoms with E-state index in [0.29, 0.717) is 18.1 Å². The fraction of sp³-hybridized carbons (Fsp3) is 0.800. The largest absolute Gasteiger partial charge is 0.465 e. The molecule has 0 saturated carbocycles. The first-order valence-electron chi connectivity index (χ1n) is 9.88. The van der Waals surface area contributed by atoms with Gasteiger partial charge in [-0.2, -0.15) is 0 Å². The van der Waals surface area contributed by atoms with Crippen LogP contribution in [0, 0.1) is 12.8 Å². The summed E-state index contributed by atoms with van der Waals surface area (Å²) < 4.78 is 23.5. The molecular weight excluding hydrogens is 318 g/mol. The van der Waals surface area contributed by atoms with E-state index in [1.807, 2.05) is 13.0 Å². The number of likely N-dealkylation sites (tertiary alicyclic amines) is 1. The lowest BCUT2D eigenvalue weighted by molar-refractivity contribution is -0.105. The second-order valence-electron chi connectivity index (χ2n) is 7.81. The molecule has 0 aromatic carbocycles. The number of rotatable bonds is 6. The highest BCUT2D eigenvalue weighted by Crippen LogP contribution is 2.32. The van der Waals surface area contributed by atoms with Crippen LogP contribution >= 0.6 is 0 Å². The molecule has 3 aliphatic rings. The van der Waals surface area contributed by atoms with E-state index in [1.165, 1.54) is 6.42 Å². The molecule has 25 heavy (non-hydrogen) atoms. The number of aryl methyl sites for hydroxylation is 1. The molecule has 0 bridgehead atoms. The molecule has 3 atom stereocenters. The minimum absolute atomic E-state index is 0.270. The van der Waals surface area contributed by atoms with Crippen molar-refractivity contribution in [1.29, 1.82) is 0 Å². The van der Waals surface area contributed by atoms with Gasteiger partial charge >= 0.3 is 0 Å². The van der Waals surface area contributed by atoms with E-state index in [-0.39, 0.29) is 6.10 Å². The van der Waals surface area contributed by atoms with Gasteiger partial charge in [0.25, 0.3) is 0 Å². The predicted molar refractivity (Wildman–Crippen MR) is 94.5 cm³/mol. The zero-order valence-corrected chi connectivity index (χ0v) is 15.3. The van der Waals surface area contributed by atoms with Crippen molar-refractivity contribution in [1.82, 2.24) is 4.90 Å². The van der Waals surface area contributed by atoms with Crippen molar-refractivity contribution in [2.75, 3.05) is 33.0 Å². The maximum absolute atomic E-state index is 6.35. The zero-order chi connectivity index (χ0) is 17.1. The molecule has 0 spiro atoms. The third-order valence-electron chi connectivity index (χ3n) is 5.90. The molecule has 0 radical (unpaired) electrons. The average molecular weight is 349 g/mol. The molecule has 0 unspecified atom stereocenters. The van der Waals surface area contributed by atoms with E-state index in [0.717, 1.165) is 76.7 Å². The molecule has 0 amide bonds. The Morgan fingerprint density at radius 2 is 1.96 bits per heavy atom. The van der Waals surface area contributed by atoms with E-state index in [1.54, 1.807) is 0 Å². The lowest BCUT2D eigenvalue weighted by atomic mass is 9.99. The maximum Gasteiger partial charge on any atom is 0.118 e. The second-order valence-corrected chi connectivity index (χ2v) is 7.81. The van der Waals surface area contributed by atoms with E-state index in [4.69, 9.17) is 18.6 Å². The van der Waals surface area contributed by atoms with Crippen LogP contribution in [0.3, 0.4) is 0 Å². The Kier molecular flexibility index (Phi) is 5.76. The third-order valence-corrected chi connectivity index (χ3v) is 5.90. The van der Waals surface area contributed by atoms with Crippen molar-refractivity contribution >= 4 is 0 Å². The Bertz CT molecular complexity index is 540. The maximum atomic E-state index is 6.35. The summed E-state index contributed by atoms with van der Waals surface area (Å²) in [6.45, 7) is 7.41. The number of nitrogens with zero attached hydrogens (tertiary/aromatic N) is 1. The van der Waals surface area contributed by atoms with Gasteiger partial charge in [-0.05, 0) is 57.1 Å². The lowest BCUT2D eigenvalue weighted by Crippen LogP contribution is -2.43. The van der Waals surface area contributed by atoms with Gasteiger partial charge in [-0.15, -0.1) is 0 Å². The predicted octanol–water partition coefficient (Wildman–Crippen LogP) is 3.15. The molecule has 0 N–H and O–H groups in total. The van der Waals surface area contributed by atoms with Gasteiger partial charge in [-0.1, -0.05) is 0 Å². The van der Waals surface area contributed by atoms with Crippen molar-refractivity contribution in [3.8, 4) is 0 Å². The number of hydrogen-bond donors (Lipinski definition) is 0. The minimum Gasteiger partial charge on any atom is -0.465 e.